The first-order valence-corrected chi connectivity index (χ1v) is 7.70. The van der Waals surface area contributed by atoms with Crippen LogP contribution < -0.4 is 5.32 Å². The van der Waals surface area contributed by atoms with Gasteiger partial charge in [-0.15, -0.1) is 0 Å². The van der Waals surface area contributed by atoms with Crippen molar-refractivity contribution in [2.24, 2.45) is 0 Å². The third kappa shape index (κ3) is 2.35. The van der Waals surface area contributed by atoms with Gasteiger partial charge in [0, 0.05) is 30.6 Å². The summed E-state index contributed by atoms with van der Waals surface area (Å²) < 4.78 is 29.8. The molecule has 2 N–H and O–H groups in total. The Kier molecular flexibility index (Phi) is 3.54. The topological polar surface area (TPSA) is 50.1 Å². The van der Waals surface area contributed by atoms with E-state index in [1.165, 1.54) is 22.9 Å². The minimum atomic E-state index is -0.643. The van der Waals surface area contributed by atoms with Crippen molar-refractivity contribution >= 4 is 0 Å². The van der Waals surface area contributed by atoms with Crippen LogP contribution in [0, 0.1) is 11.6 Å². The Labute approximate surface area is 137 Å². The molecule has 0 radical (unpaired) electrons. The van der Waals surface area contributed by atoms with Gasteiger partial charge < -0.3 is 10.4 Å². The molecule has 0 amide bonds. The van der Waals surface area contributed by atoms with Crippen LogP contribution in [-0.2, 0) is 13.0 Å². The minimum Gasteiger partial charge on any atom is -0.508 e. The summed E-state index contributed by atoms with van der Waals surface area (Å²) in [6.45, 7) is 1.31. The summed E-state index contributed by atoms with van der Waals surface area (Å²) in [5.41, 5.74) is 3.04. The maximum absolute atomic E-state index is 14.2. The van der Waals surface area contributed by atoms with Crippen LogP contribution >= 0.6 is 0 Å². The lowest BCUT2D eigenvalue weighted by atomic mass is 10.0. The predicted octanol–water partition coefficient (Wildman–Crippen LogP) is 3.17. The number of nitrogens with zero attached hydrogens (tertiary/aromatic N) is 2. The van der Waals surface area contributed by atoms with E-state index in [0.29, 0.717) is 18.7 Å². The molecule has 0 unspecified atom stereocenters. The fourth-order valence-electron chi connectivity index (χ4n) is 3.08. The van der Waals surface area contributed by atoms with Crippen LogP contribution in [0.1, 0.15) is 11.3 Å². The van der Waals surface area contributed by atoms with Crippen LogP contribution in [0.2, 0.25) is 0 Å². The Hall–Kier alpha value is -2.73. The van der Waals surface area contributed by atoms with Crippen molar-refractivity contribution in [1.82, 2.24) is 15.1 Å². The maximum Gasteiger partial charge on any atom is 0.151 e. The van der Waals surface area contributed by atoms with Crippen molar-refractivity contribution in [3.8, 4) is 22.7 Å². The Morgan fingerprint density at radius 2 is 1.75 bits per heavy atom. The van der Waals surface area contributed by atoms with E-state index >= 15 is 0 Å². The van der Waals surface area contributed by atoms with Crippen LogP contribution in [0.4, 0.5) is 8.78 Å². The monoisotopic (exact) mass is 327 g/mol. The van der Waals surface area contributed by atoms with E-state index < -0.39 is 11.6 Å². The molecule has 3 aromatic rings. The van der Waals surface area contributed by atoms with Gasteiger partial charge in [0.1, 0.15) is 11.4 Å². The molecule has 0 aliphatic carbocycles. The van der Waals surface area contributed by atoms with Crippen molar-refractivity contribution in [3.63, 3.8) is 0 Å². The summed E-state index contributed by atoms with van der Waals surface area (Å²) in [6, 6.07) is 10.4. The van der Waals surface area contributed by atoms with E-state index in [2.05, 4.69) is 10.4 Å². The van der Waals surface area contributed by atoms with Crippen molar-refractivity contribution < 1.29 is 13.9 Å². The number of halogens is 2. The molecule has 0 bridgehead atoms. The molecule has 1 aliphatic rings. The van der Waals surface area contributed by atoms with Crippen LogP contribution in [0.5, 0.6) is 5.75 Å². The number of fused-ring (bicyclic) bond motifs is 1. The highest BCUT2D eigenvalue weighted by molar-refractivity contribution is 5.66. The van der Waals surface area contributed by atoms with Gasteiger partial charge in [0.05, 0.1) is 11.4 Å². The van der Waals surface area contributed by atoms with Gasteiger partial charge in [-0.05, 0) is 36.4 Å². The molecule has 2 aromatic carbocycles. The quantitative estimate of drug-likeness (QED) is 0.760. The summed E-state index contributed by atoms with van der Waals surface area (Å²) in [5.74, 6) is -1.13. The first-order chi connectivity index (χ1) is 11.6. The molecule has 0 saturated carbocycles. The molecule has 0 spiro atoms. The van der Waals surface area contributed by atoms with E-state index in [0.717, 1.165) is 23.4 Å². The fraction of sp³-hybridized carbons (Fsp3) is 0.167. The lowest BCUT2D eigenvalue weighted by Gasteiger charge is -2.16. The molecule has 122 valence electrons. The molecule has 4 nitrogen and oxygen atoms in total. The third-order valence-electron chi connectivity index (χ3n) is 4.22. The second-order valence-corrected chi connectivity index (χ2v) is 5.73. The Bertz CT molecular complexity index is 883. The highest BCUT2D eigenvalue weighted by Gasteiger charge is 2.25. The zero-order chi connectivity index (χ0) is 16.7. The minimum absolute atomic E-state index is 0.152. The van der Waals surface area contributed by atoms with E-state index in [4.69, 9.17) is 0 Å². The Morgan fingerprint density at radius 1 is 1.04 bits per heavy atom. The van der Waals surface area contributed by atoms with Crippen molar-refractivity contribution in [2.75, 3.05) is 6.54 Å². The Morgan fingerprint density at radius 3 is 2.46 bits per heavy atom. The average Bonchev–Trinajstić information content (AvgIpc) is 2.95. The number of nitrogens with one attached hydrogen (secondary N) is 1. The summed E-state index contributed by atoms with van der Waals surface area (Å²) in [5, 5.41) is 17.2. The first kappa shape index (κ1) is 14.8. The highest BCUT2D eigenvalue weighted by Crippen LogP contribution is 2.31. The average molecular weight is 327 g/mol. The van der Waals surface area contributed by atoms with Crippen molar-refractivity contribution in [2.45, 2.75) is 13.0 Å². The molecule has 2 heterocycles. The number of hydrogen-bond donors (Lipinski definition) is 2. The standard InChI is InChI=1S/C18H15F2N3O/c19-14-2-1-3-15(20)18(14)23-16-8-9-21-10-13(16)17(22-23)11-4-6-12(24)7-5-11/h1-7,21,24H,8-10H2. The normalized spacial score (nSPS) is 13.8. The number of phenolic OH excluding ortho intramolecular Hbond substituents is 1. The largest absolute Gasteiger partial charge is 0.508 e. The molecule has 24 heavy (non-hydrogen) atoms. The smallest absolute Gasteiger partial charge is 0.151 e. The van der Waals surface area contributed by atoms with Gasteiger partial charge in [-0.2, -0.15) is 5.10 Å². The zero-order valence-corrected chi connectivity index (χ0v) is 12.8. The molecule has 0 fully saturated rings. The summed E-state index contributed by atoms with van der Waals surface area (Å²) >= 11 is 0. The van der Waals surface area contributed by atoms with Crippen molar-refractivity contribution in [1.29, 1.82) is 0 Å². The molecule has 0 atom stereocenters. The molecule has 1 aliphatic heterocycles. The lowest BCUT2D eigenvalue weighted by molar-refractivity contribution is 0.475. The Balaban J connectivity index is 1.95. The number of phenols is 1. The number of benzene rings is 2. The number of aromatic hydroxyl groups is 1. The summed E-state index contributed by atoms with van der Waals surface area (Å²) in [7, 11) is 0. The van der Waals surface area contributed by atoms with Gasteiger partial charge in [0.2, 0.25) is 0 Å². The van der Waals surface area contributed by atoms with E-state index in [9.17, 15) is 13.9 Å². The molecular weight excluding hydrogens is 312 g/mol. The van der Waals surface area contributed by atoms with Crippen LogP contribution in [-0.4, -0.2) is 21.4 Å². The molecule has 6 heteroatoms. The van der Waals surface area contributed by atoms with Crippen LogP contribution in [0.3, 0.4) is 0 Å². The summed E-state index contributed by atoms with van der Waals surface area (Å²) in [4.78, 5) is 0. The number of para-hydroxylation sites is 1. The SMILES string of the molecule is Oc1ccc(-c2nn(-c3c(F)cccc3F)c3c2CNCC3)cc1. The predicted molar refractivity (Wildman–Crippen MR) is 86.0 cm³/mol. The fourth-order valence-corrected chi connectivity index (χ4v) is 3.08. The second-order valence-electron chi connectivity index (χ2n) is 5.73. The highest BCUT2D eigenvalue weighted by atomic mass is 19.1. The lowest BCUT2D eigenvalue weighted by Crippen LogP contribution is -2.25. The molecule has 4 rings (SSSR count). The van der Waals surface area contributed by atoms with Gasteiger partial charge in [-0.1, -0.05) is 6.07 Å². The van der Waals surface area contributed by atoms with Crippen LogP contribution in [0.15, 0.2) is 42.5 Å². The van der Waals surface area contributed by atoms with Gasteiger partial charge >= 0.3 is 0 Å². The van der Waals surface area contributed by atoms with Gasteiger partial charge in [-0.25, -0.2) is 13.5 Å². The van der Waals surface area contributed by atoms with E-state index in [-0.39, 0.29) is 11.4 Å². The zero-order valence-electron chi connectivity index (χ0n) is 12.8. The first-order valence-electron chi connectivity index (χ1n) is 7.70. The third-order valence-corrected chi connectivity index (χ3v) is 4.22. The summed E-state index contributed by atoms with van der Waals surface area (Å²) in [6.07, 6.45) is 0.633. The molecule has 0 saturated heterocycles. The van der Waals surface area contributed by atoms with Crippen molar-refractivity contribution in [3.05, 3.63) is 65.4 Å². The molecular formula is C18H15F2N3O. The van der Waals surface area contributed by atoms with Gasteiger partial charge in [0.15, 0.2) is 11.6 Å². The maximum atomic E-state index is 14.2. The number of rotatable bonds is 2. The number of hydrogen-bond acceptors (Lipinski definition) is 3. The second kappa shape index (κ2) is 5.72. The van der Waals surface area contributed by atoms with Crippen LogP contribution in [0.25, 0.3) is 16.9 Å². The number of aromatic nitrogens is 2. The van der Waals surface area contributed by atoms with Gasteiger partial charge in [-0.3, -0.25) is 0 Å². The van der Waals surface area contributed by atoms with E-state index in [1.54, 1.807) is 24.3 Å². The molecule has 1 aromatic heterocycles. The van der Waals surface area contributed by atoms with Gasteiger partial charge in [0.25, 0.3) is 0 Å². The van der Waals surface area contributed by atoms with E-state index in [1.807, 2.05) is 0 Å².